The van der Waals surface area contributed by atoms with E-state index in [9.17, 15) is 9.18 Å². The van der Waals surface area contributed by atoms with Crippen LogP contribution < -0.4 is 5.43 Å². The largest absolute Gasteiger partial charge is 0.289 e. The Bertz CT molecular complexity index is 436. The lowest BCUT2D eigenvalue weighted by molar-refractivity contribution is 0.631. The average Bonchev–Trinajstić information content (AvgIpc) is 2.62. The van der Waals surface area contributed by atoms with Crippen LogP contribution in [0.5, 0.6) is 0 Å². The molecule has 1 nitrogen and oxygen atoms in total. The van der Waals surface area contributed by atoms with Gasteiger partial charge in [0.1, 0.15) is 5.82 Å². The fraction of sp³-hybridized carbons (Fsp3) is 0.100. The topological polar surface area (TPSA) is 17.1 Å². The van der Waals surface area contributed by atoms with Crippen LogP contribution in [0.4, 0.5) is 4.39 Å². The Balaban J connectivity index is 2.56. The molecule has 0 amide bonds. The molecule has 60 valence electrons. The normalized spacial score (nSPS) is 10.8. The van der Waals surface area contributed by atoms with Crippen molar-refractivity contribution in [2.24, 2.45) is 0 Å². The van der Waals surface area contributed by atoms with E-state index in [4.69, 9.17) is 0 Å². The molecule has 0 unspecified atom stereocenters. The molecule has 2 aromatic carbocycles. The third-order valence-corrected chi connectivity index (χ3v) is 2.02. The minimum absolute atomic E-state index is 0.0138. The first-order valence-electron chi connectivity index (χ1n) is 3.72. The fourth-order valence-corrected chi connectivity index (χ4v) is 1.25. The van der Waals surface area contributed by atoms with Crippen LogP contribution in [-0.2, 0) is 0 Å². The summed E-state index contributed by atoms with van der Waals surface area (Å²) in [6, 6.07) is 6.33. The summed E-state index contributed by atoms with van der Waals surface area (Å²) in [6.45, 7) is 1.71. The lowest BCUT2D eigenvalue weighted by Crippen LogP contribution is -1.81. The molecule has 0 radical (unpaired) electrons. The zero-order valence-electron chi connectivity index (χ0n) is 6.60. The Labute approximate surface area is 69.1 Å². The summed E-state index contributed by atoms with van der Waals surface area (Å²) < 4.78 is 13.0. The number of benzene rings is 1. The number of hydrogen-bond acceptors (Lipinski definition) is 1. The summed E-state index contributed by atoms with van der Waals surface area (Å²) in [5.74, 6) is -0.322. The van der Waals surface area contributed by atoms with Gasteiger partial charge >= 0.3 is 0 Å². The van der Waals surface area contributed by atoms with E-state index in [2.05, 4.69) is 0 Å². The molecule has 0 atom stereocenters. The summed E-state index contributed by atoms with van der Waals surface area (Å²) >= 11 is 0. The van der Waals surface area contributed by atoms with Crippen molar-refractivity contribution >= 4 is 0 Å². The van der Waals surface area contributed by atoms with Crippen molar-refractivity contribution in [3.8, 4) is 11.1 Å². The molecule has 0 spiro atoms. The number of rotatable bonds is 1. The maximum atomic E-state index is 13.0. The van der Waals surface area contributed by atoms with E-state index in [1.807, 2.05) is 0 Å². The van der Waals surface area contributed by atoms with Crippen LogP contribution in [0.3, 0.4) is 0 Å². The first-order valence-corrected chi connectivity index (χ1v) is 3.72. The van der Waals surface area contributed by atoms with Gasteiger partial charge in [0.15, 0.2) is 5.43 Å². The van der Waals surface area contributed by atoms with Crippen LogP contribution in [0.15, 0.2) is 29.1 Å². The van der Waals surface area contributed by atoms with Crippen molar-refractivity contribution in [1.29, 1.82) is 0 Å². The van der Waals surface area contributed by atoms with Crippen LogP contribution in [0.1, 0.15) is 5.56 Å². The van der Waals surface area contributed by atoms with E-state index in [0.717, 1.165) is 0 Å². The fourth-order valence-electron chi connectivity index (χ4n) is 1.25. The standard InChI is InChI=1S/C10H7FO/c1-6-9(10(6)12)7-4-2-3-5-8(7)11/h2-5H,1H3. The first-order chi connectivity index (χ1) is 5.72. The summed E-state index contributed by atoms with van der Waals surface area (Å²) in [5, 5.41) is 0. The lowest BCUT2D eigenvalue weighted by Gasteiger charge is -1.93. The predicted octanol–water partition coefficient (Wildman–Crippen LogP) is 2.04. The molecule has 0 aliphatic heterocycles. The molecule has 0 aliphatic carbocycles. The Hall–Kier alpha value is -1.44. The van der Waals surface area contributed by atoms with E-state index in [1.54, 1.807) is 25.1 Å². The van der Waals surface area contributed by atoms with Gasteiger partial charge in [-0.2, -0.15) is 0 Å². The van der Waals surface area contributed by atoms with Gasteiger partial charge < -0.3 is 0 Å². The molecule has 0 aromatic heterocycles. The number of halogens is 1. The molecular formula is C10H7FO. The molecular weight excluding hydrogens is 155 g/mol. The molecule has 0 bridgehead atoms. The van der Waals surface area contributed by atoms with E-state index >= 15 is 0 Å². The van der Waals surface area contributed by atoms with E-state index < -0.39 is 0 Å². The molecule has 2 rings (SSSR count). The average molecular weight is 162 g/mol. The molecule has 0 aliphatic rings. The smallest absolute Gasteiger partial charge is 0.190 e. The second kappa shape index (κ2) is 2.27. The molecule has 0 saturated carbocycles. The predicted molar refractivity (Wildman–Crippen MR) is 45.2 cm³/mol. The highest BCUT2D eigenvalue weighted by Gasteiger charge is 2.21. The van der Waals surface area contributed by atoms with E-state index in [-0.39, 0.29) is 11.2 Å². The van der Waals surface area contributed by atoms with Gasteiger partial charge in [0.2, 0.25) is 0 Å². The van der Waals surface area contributed by atoms with Gasteiger partial charge in [0.25, 0.3) is 0 Å². The highest BCUT2D eigenvalue weighted by atomic mass is 19.1. The minimum atomic E-state index is -0.322. The van der Waals surface area contributed by atoms with Crippen LogP contribution in [0.25, 0.3) is 11.1 Å². The maximum Gasteiger partial charge on any atom is 0.190 e. The lowest BCUT2D eigenvalue weighted by atomic mass is 10.1. The van der Waals surface area contributed by atoms with Gasteiger partial charge in [-0.05, 0) is 13.0 Å². The van der Waals surface area contributed by atoms with Crippen molar-refractivity contribution < 1.29 is 4.39 Å². The third-order valence-electron chi connectivity index (χ3n) is 2.02. The van der Waals surface area contributed by atoms with Crippen LogP contribution in [0.2, 0.25) is 0 Å². The summed E-state index contributed by atoms with van der Waals surface area (Å²) in [5.41, 5.74) is 1.65. The minimum Gasteiger partial charge on any atom is -0.289 e. The first kappa shape index (κ1) is 7.22. The second-order valence-corrected chi connectivity index (χ2v) is 2.81. The Morgan fingerprint density at radius 3 is 2.33 bits per heavy atom. The highest BCUT2D eigenvalue weighted by molar-refractivity contribution is 5.75. The van der Waals surface area contributed by atoms with Gasteiger partial charge in [-0.1, -0.05) is 18.2 Å². The quantitative estimate of drug-likeness (QED) is 0.627. The zero-order valence-corrected chi connectivity index (χ0v) is 6.60. The van der Waals surface area contributed by atoms with Gasteiger partial charge in [0.05, 0.1) is 0 Å². The Morgan fingerprint density at radius 2 is 1.83 bits per heavy atom. The molecule has 0 N–H and O–H groups in total. The third kappa shape index (κ3) is 0.881. The molecule has 0 fully saturated rings. The van der Waals surface area contributed by atoms with Gasteiger partial charge in [-0.15, -0.1) is 0 Å². The van der Waals surface area contributed by atoms with Crippen molar-refractivity contribution in [3.05, 3.63) is 45.9 Å². The Kier molecular flexibility index (Phi) is 1.37. The Morgan fingerprint density at radius 1 is 1.25 bits per heavy atom. The molecule has 0 heterocycles. The van der Waals surface area contributed by atoms with Crippen LogP contribution in [0, 0.1) is 12.7 Å². The summed E-state index contributed by atoms with van der Waals surface area (Å²) in [7, 11) is 0. The van der Waals surface area contributed by atoms with Crippen molar-refractivity contribution in [1.82, 2.24) is 0 Å². The molecule has 2 heteroatoms. The van der Waals surface area contributed by atoms with Crippen LogP contribution in [-0.4, -0.2) is 0 Å². The number of hydrogen-bond donors (Lipinski definition) is 0. The van der Waals surface area contributed by atoms with Gasteiger partial charge in [-0.3, -0.25) is 4.79 Å². The van der Waals surface area contributed by atoms with E-state index in [1.165, 1.54) is 6.07 Å². The van der Waals surface area contributed by atoms with Crippen molar-refractivity contribution in [2.45, 2.75) is 6.92 Å². The van der Waals surface area contributed by atoms with Gasteiger partial charge in [-0.25, -0.2) is 4.39 Å². The van der Waals surface area contributed by atoms with Gasteiger partial charge in [0, 0.05) is 16.7 Å². The van der Waals surface area contributed by atoms with Crippen LogP contribution >= 0.6 is 0 Å². The van der Waals surface area contributed by atoms with E-state index in [0.29, 0.717) is 16.7 Å². The second-order valence-electron chi connectivity index (χ2n) is 2.81. The van der Waals surface area contributed by atoms with Crippen molar-refractivity contribution in [2.75, 3.05) is 0 Å². The highest BCUT2D eigenvalue weighted by Crippen LogP contribution is 2.26. The SMILES string of the molecule is Cc1c(-c2ccccc2F)c1=O. The molecule has 0 saturated heterocycles. The summed E-state index contributed by atoms with van der Waals surface area (Å²) in [4.78, 5) is 10.9. The summed E-state index contributed by atoms with van der Waals surface area (Å²) in [6.07, 6.45) is 0. The zero-order chi connectivity index (χ0) is 8.72. The maximum absolute atomic E-state index is 13.0. The monoisotopic (exact) mass is 162 g/mol. The molecule has 12 heavy (non-hydrogen) atoms. The van der Waals surface area contributed by atoms with Crippen molar-refractivity contribution in [3.63, 3.8) is 0 Å². The molecule has 2 aromatic rings.